The average Bonchev–Trinajstić information content (AvgIpc) is 3.39. The number of furan rings is 1. The molecule has 4 rings (SSSR count). The second kappa shape index (κ2) is 7.70. The molecule has 2 aliphatic heterocycles. The van der Waals surface area contributed by atoms with E-state index in [0.29, 0.717) is 6.54 Å². The van der Waals surface area contributed by atoms with Crippen LogP contribution in [-0.4, -0.2) is 55.5 Å². The minimum Gasteiger partial charge on any atom is -0.459 e. The van der Waals surface area contributed by atoms with Gasteiger partial charge in [-0.3, -0.25) is 4.99 Å². The Kier molecular flexibility index (Phi) is 5.16. The van der Waals surface area contributed by atoms with Crippen molar-refractivity contribution in [3.8, 4) is 0 Å². The highest BCUT2D eigenvalue weighted by Crippen LogP contribution is 2.25. The van der Waals surface area contributed by atoms with E-state index in [-0.39, 0.29) is 0 Å². The predicted octanol–water partition coefficient (Wildman–Crippen LogP) is 3.23. The van der Waals surface area contributed by atoms with Gasteiger partial charge in [0.25, 0.3) is 0 Å². The number of fused-ring (bicyclic) bond motifs is 1. The van der Waals surface area contributed by atoms with Gasteiger partial charge >= 0.3 is 0 Å². The molecule has 2 aliphatic rings. The van der Waals surface area contributed by atoms with Crippen LogP contribution in [0.4, 0.5) is 0 Å². The highest BCUT2D eigenvalue weighted by molar-refractivity contribution is 5.83. The van der Waals surface area contributed by atoms with Crippen LogP contribution in [0.5, 0.6) is 0 Å². The molecule has 0 bridgehead atoms. The fourth-order valence-corrected chi connectivity index (χ4v) is 4.39. The zero-order valence-corrected chi connectivity index (χ0v) is 16.0. The van der Waals surface area contributed by atoms with E-state index in [4.69, 9.17) is 4.42 Å². The van der Waals surface area contributed by atoms with E-state index in [9.17, 15) is 0 Å². The Morgan fingerprint density at radius 1 is 1.23 bits per heavy atom. The van der Waals surface area contributed by atoms with Gasteiger partial charge in [0.1, 0.15) is 11.3 Å². The Labute approximate surface area is 156 Å². The average molecular weight is 354 g/mol. The van der Waals surface area contributed by atoms with Crippen LogP contribution in [0.25, 0.3) is 11.0 Å². The maximum atomic E-state index is 6.02. The number of nitrogens with zero attached hydrogens (tertiary/aromatic N) is 3. The van der Waals surface area contributed by atoms with Crippen molar-refractivity contribution >= 4 is 16.9 Å². The van der Waals surface area contributed by atoms with E-state index in [0.717, 1.165) is 36.3 Å². The van der Waals surface area contributed by atoms with E-state index < -0.39 is 0 Å². The first-order chi connectivity index (χ1) is 12.7. The van der Waals surface area contributed by atoms with Crippen molar-refractivity contribution in [2.24, 2.45) is 10.9 Å². The predicted molar refractivity (Wildman–Crippen MR) is 107 cm³/mol. The number of para-hydroxylation sites is 1. The summed E-state index contributed by atoms with van der Waals surface area (Å²) in [7, 11) is 1.88. The molecule has 1 aromatic carbocycles. The SMILES string of the molecule is CN=C(NCc1oc2ccccc2c1C)N1CCC(CN2CCCC2)C1. The Morgan fingerprint density at radius 2 is 2.04 bits per heavy atom. The zero-order valence-electron chi connectivity index (χ0n) is 16.0. The topological polar surface area (TPSA) is 44.0 Å². The lowest BCUT2D eigenvalue weighted by Gasteiger charge is -2.23. The molecule has 0 saturated carbocycles. The quantitative estimate of drug-likeness (QED) is 0.676. The van der Waals surface area contributed by atoms with Gasteiger partial charge in [-0.1, -0.05) is 18.2 Å². The number of aliphatic imine (C=N–C) groups is 1. The van der Waals surface area contributed by atoms with Gasteiger partial charge < -0.3 is 19.5 Å². The molecular formula is C21H30N4O. The van der Waals surface area contributed by atoms with Gasteiger partial charge in [0.15, 0.2) is 5.96 Å². The van der Waals surface area contributed by atoms with Gasteiger partial charge in [-0.2, -0.15) is 0 Å². The van der Waals surface area contributed by atoms with Crippen LogP contribution in [-0.2, 0) is 6.54 Å². The second-order valence-electron chi connectivity index (χ2n) is 7.66. The number of hydrogen-bond acceptors (Lipinski definition) is 3. The molecule has 1 N–H and O–H groups in total. The molecule has 26 heavy (non-hydrogen) atoms. The molecule has 0 radical (unpaired) electrons. The van der Waals surface area contributed by atoms with Crippen molar-refractivity contribution in [3.63, 3.8) is 0 Å². The fraction of sp³-hybridized carbons (Fsp3) is 0.571. The van der Waals surface area contributed by atoms with Crippen molar-refractivity contribution in [2.75, 3.05) is 39.8 Å². The summed E-state index contributed by atoms with van der Waals surface area (Å²) < 4.78 is 6.02. The largest absolute Gasteiger partial charge is 0.459 e. The third-order valence-electron chi connectivity index (χ3n) is 5.86. The summed E-state index contributed by atoms with van der Waals surface area (Å²) in [4.78, 5) is 9.54. The summed E-state index contributed by atoms with van der Waals surface area (Å²) in [5.74, 6) is 2.76. The summed E-state index contributed by atoms with van der Waals surface area (Å²) >= 11 is 0. The summed E-state index contributed by atoms with van der Waals surface area (Å²) in [5, 5.41) is 4.71. The molecule has 0 spiro atoms. The van der Waals surface area contributed by atoms with Crippen molar-refractivity contribution in [1.82, 2.24) is 15.1 Å². The molecule has 2 saturated heterocycles. The molecule has 5 heteroatoms. The molecule has 2 fully saturated rings. The van der Waals surface area contributed by atoms with Crippen molar-refractivity contribution in [1.29, 1.82) is 0 Å². The van der Waals surface area contributed by atoms with Gasteiger partial charge in [0, 0.05) is 37.6 Å². The van der Waals surface area contributed by atoms with E-state index in [1.54, 1.807) is 0 Å². The summed E-state index contributed by atoms with van der Waals surface area (Å²) in [5.41, 5.74) is 2.18. The summed E-state index contributed by atoms with van der Waals surface area (Å²) in [6.07, 6.45) is 4.01. The monoisotopic (exact) mass is 354 g/mol. The lowest BCUT2D eigenvalue weighted by atomic mass is 10.1. The van der Waals surface area contributed by atoms with Gasteiger partial charge in [0.2, 0.25) is 0 Å². The fourth-order valence-electron chi connectivity index (χ4n) is 4.39. The number of benzene rings is 1. The summed E-state index contributed by atoms with van der Waals surface area (Å²) in [6.45, 7) is 8.83. The standard InChI is InChI=1S/C21H30N4O/c1-16-18-7-3-4-8-19(18)26-20(16)13-23-21(22-2)25-12-9-17(15-25)14-24-10-5-6-11-24/h3-4,7-8,17H,5-6,9-15H2,1-2H3,(H,22,23). The molecule has 2 aromatic rings. The highest BCUT2D eigenvalue weighted by Gasteiger charge is 2.27. The van der Waals surface area contributed by atoms with Crippen LogP contribution in [0, 0.1) is 12.8 Å². The van der Waals surface area contributed by atoms with Crippen LogP contribution in [0.3, 0.4) is 0 Å². The van der Waals surface area contributed by atoms with Crippen LogP contribution >= 0.6 is 0 Å². The lowest BCUT2D eigenvalue weighted by molar-refractivity contribution is 0.281. The van der Waals surface area contributed by atoms with E-state index in [1.165, 1.54) is 49.8 Å². The first-order valence-electron chi connectivity index (χ1n) is 9.89. The number of rotatable bonds is 4. The number of likely N-dealkylation sites (tertiary alicyclic amines) is 2. The molecular weight excluding hydrogens is 324 g/mol. The maximum Gasteiger partial charge on any atom is 0.194 e. The molecule has 0 aliphatic carbocycles. The molecule has 1 unspecified atom stereocenters. The minimum absolute atomic E-state index is 0.681. The Morgan fingerprint density at radius 3 is 2.81 bits per heavy atom. The first-order valence-corrected chi connectivity index (χ1v) is 9.89. The van der Waals surface area contributed by atoms with Crippen molar-refractivity contribution < 1.29 is 4.42 Å². The van der Waals surface area contributed by atoms with Crippen LogP contribution < -0.4 is 5.32 Å². The Bertz CT molecular complexity index is 775. The second-order valence-corrected chi connectivity index (χ2v) is 7.66. The molecule has 1 aromatic heterocycles. The molecule has 0 amide bonds. The molecule has 5 nitrogen and oxygen atoms in total. The minimum atomic E-state index is 0.681. The smallest absolute Gasteiger partial charge is 0.194 e. The maximum absolute atomic E-state index is 6.02. The third kappa shape index (κ3) is 3.58. The number of guanidine groups is 1. The number of nitrogens with one attached hydrogen (secondary N) is 1. The van der Waals surface area contributed by atoms with E-state index >= 15 is 0 Å². The van der Waals surface area contributed by atoms with Crippen LogP contribution in [0.2, 0.25) is 0 Å². The van der Waals surface area contributed by atoms with Crippen LogP contribution in [0.15, 0.2) is 33.7 Å². The molecule has 3 heterocycles. The zero-order chi connectivity index (χ0) is 17.9. The lowest BCUT2D eigenvalue weighted by Crippen LogP contribution is -2.40. The molecule has 1 atom stereocenters. The first kappa shape index (κ1) is 17.4. The molecule has 140 valence electrons. The van der Waals surface area contributed by atoms with Gasteiger partial charge in [0.05, 0.1) is 6.54 Å². The van der Waals surface area contributed by atoms with Gasteiger partial charge in [-0.15, -0.1) is 0 Å². The van der Waals surface area contributed by atoms with Gasteiger partial charge in [-0.25, -0.2) is 0 Å². The van der Waals surface area contributed by atoms with Crippen LogP contribution in [0.1, 0.15) is 30.6 Å². The Balaban J connectivity index is 1.35. The number of aryl methyl sites for hydroxylation is 1. The Hall–Kier alpha value is -2.01. The van der Waals surface area contributed by atoms with Crippen molar-refractivity contribution in [3.05, 3.63) is 35.6 Å². The third-order valence-corrected chi connectivity index (χ3v) is 5.86. The highest BCUT2D eigenvalue weighted by atomic mass is 16.3. The summed E-state index contributed by atoms with van der Waals surface area (Å²) in [6, 6.07) is 8.23. The normalized spacial score (nSPS) is 21.8. The van der Waals surface area contributed by atoms with E-state index in [1.807, 2.05) is 19.2 Å². The van der Waals surface area contributed by atoms with Crippen molar-refractivity contribution in [2.45, 2.75) is 32.7 Å². The van der Waals surface area contributed by atoms with Gasteiger partial charge in [-0.05, 0) is 51.3 Å². The number of hydrogen-bond donors (Lipinski definition) is 1. The van der Waals surface area contributed by atoms with E-state index in [2.05, 4.69) is 39.2 Å².